The summed E-state index contributed by atoms with van der Waals surface area (Å²) in [6.45, 7) is 12.5. The number of nitrogens with two attached hydrogens (primary N) is 1. The summed E-state index contributed by atoms with van der Waals surface area (Å²) in [6.07, 6.45) is 0. The monoisotopic (exact) mass is 313 g/mol. The zero-order chi connectivity index (χ0) is 17.4. The Labute approximate surface area is 139 Å². The van der Waals surface area contributed by atoms with Gasteiger partial charge in [-0.2, -0.15) is 0 Å². The molecule has 0 fully saturated rings. The van der Waals surface area contributed by atoms with Crippen LogP contribution in [0.5, 0.6) is 17.2 Å². The summed E-state index contributed by atoms with van der Waals surface area (Å²) in [5, 5.41) is 10.4. The van der Waals surface area contributed by atoms with Gasteiger partial charge in [-0.25, -0.2) is 0 Å². The molecule has 0 aliphatic heterocycles. The Hall–Kier alpha value is -2.16. The maximum Gasteiger partial charge on any atom is 0.131 e. The first-order valence-electron chi connectivity index (χ1n) is 7.90. The number of phenols is 1. The van der Waals surface area contributed by atoms with Crippen LogP contribution < -0.4 is 10.5 Å². The number of hydrogen-bond acceptors (Lipinski definition) is 3. The van der Waals surface area contributed by atoms with Crippen molar-refractivity contribution in [3.63, 3.8) is 0 Å². The molecule has 0 aromatic heterocycles. The van der Waals surface area contributed by atoms with Crippen molar-refractivity contribution in [3.8, 4) is 17.2 Å². The van der Waals surface area contributed by atoms with Crippen molar-refractivity contribution >= 4 is 5.69 Å². The number of benzene rings is 2. The van der Waals surface area contributed by atoms with Crippen molar-refractivity contribution in [1.29, 1.82) is 0 Å². The smallest absolute Gasteiger partial charge is 0.131 e. The highest BCUT2D eigenvalue weighted by Gasteiger charge is 2.26. The van der Waals surface area contributed by atoms with E-state index in [1.165, 1.54) is 0 Å². The average molecular weight is 313 g/mol. The summed E-state index contributed by atoms with van der Waals surface area (Å²) in [7, 11) is 0. The van der Waals surface area contributed by atoms with Gasteiger partial charge < -0.3 is 15.6 Å². The van der Waals surface area contributed by atoms with Gasteiger partial charge in [-0.3, -0.25) is 0 Å². The fourth-order valence-corrected chi connectivity index (χ4v) is 2.50. The molecule has 0 bridgehead atoms. The third-order valence-corrected chi connectivity index (χ3v) is 3.82. The Morgan fingerprint density at radius 1 is 0.826 bits per heavy atom. The summed E-state index contributed by atoms with van der Waals surface area (Å²) < 4.78 is 6.12. The largest absolute Gasteiger partial charge is 0.508 e. The van der Waals surface area contributed by atoms with Gasteiger partial charge in [-0.15, -0.1) is 0 Å². The van der Waals surface area contributed by atoms with E-state index in [0.29, 0.717) is 11.4 Å². The number of nitrogen functional groups attached to an aromatic ring is 1. The third kappa shape index (κ3) is 3.98. The molecule has 0 saturated heterocycles. The van der Waals surface area contributed by atoms with Gasteiger partial charge in [0.1, 0.15) is 17.2 Å². The molecular formula is C20H27NO2. The normalized spacial score (nSPS) is 12.3. The highest BCUT2D eigenvalue weighted by Crippen LogP contribution is 2.42. The van der Waals surface area contributed by atoms with Crippen LogP contribution in [0.2, 0.25) is 0 Å². The molecule has 0 aliphatic carbocycles. The van der Waals surface area contributed by atoms with E-state index in [4.69, 9.17) is 10.5 Å². The number of rotatable bonds is 2. The summed E-state index contributed by atoms with van der Waals surface area (Å²) in [5.41, 5.74) is 7.97. The van der Waals surface area contributed by atoms with Crippen LogP contribution in [0.4, 0.5) is 5.69 Å². The molecule has 3 heteroatoms. The number of phenolic OH excluding ortho intramolecular Hbond substituents is 1. The third-order valence-electron chi connectivity index (χ3n) is 3.82. The van der Waals surface area contributed by atoms with Gasteiger partial charge >= 0.3 is 0 Å². The van der Waals surface area contributed by atoms with E-state index in [-0.39, 0.29) is 10.8 Å². The first kappa shape index (κ1) is 17.2. The molecule has 0 amide bonds. The summed E-state index contributed by atoms with van der Waals surface area (Å²) in [6, 6.07) is 11.1. The van der Waals surface area contributed by atoms with Gasteiger partial charge in [0, 0.05) is 16.8 Å². The lowest BCUT2D eigenvalue weighted by atomic mass is 9.81. The molecule has 3 nitrogen and oxygen atoms in total. The summed E-state index contributed by atoms with van der Waals surface area (Å²) >= 11 is 0. The van der Waals surface area contributed by atoms with Crippen molar-refractivity contribution in [2.45, 2.75) is 52.4 Å². The Kier molecular flexibility index (Phi) is 4.34. The lowest BCUT2D eigenvalue weighted by Gasteiger charge is -2.27. The first-order chi connectivity index (χ1) is 10.5. The summed E-state index contributed by atoms with van der Waals surface area (Å²) in [4.78, 5) is 0. The van der Waals surface area contributed by atoms with Crippen molar-refractivity contribution in [2.24, 2.45) is 0 Å². The molecule has 0 unspecified atom stereocenters. The number of aromatic hydroxyl groups is 1. The number of anilines is 1. The average Bonchev–Trinajstić information content (AvgIpc) is 2.40. The number of hydrogen-bond donors (Lipinski definition) is 2. The second-order valence-corrected chi connectivity index (χ2v) is 8.04. The Morgan fingerprint density at radius 3 is 1.83 bits per heavy atom. The van der Waals surface area contributed by atoms with Crippen LogP contribution in [0, 0.1) is 0 Å². The molecule has 2 aromatic carbocycles. The molecule has 0 atom stereocenters. The van der Waals surface area contributed by atoms with Crippen LogP contribution in [0.25, 0.3) is 0 Å². The molecule has 2 aromatic rings. The minimum Gasteiger partial charge on any atom is -0.508 e. The second-order valence-electron chi connectivity index (χ2n) is 8.04. The molecule has 0 saturated carbocycles. The standard InChI is InChI=1S/C20H27NO2/c1-19(2,3)15-12-18(16(11-17(15)22)20(4,5)6)23-14-9-7-13(21)8-10-14/h7-12,22H,21H2,1-6H3. The lowest BCUT2D eigenvalue weighted by molar-refractivity contribution is 0.424. The van der Waals surface area contributed by atoms with E-state index in [1.807, 2.05) is 36.4 Å². The van der Waals surface area contributed by atoms with Crippen molar-refractivity contribution in [2.75, 3.05) is 5.73 Å². The minimum atomic E-state index is -0.167. The highest BCUT2D eigenvalue weighted by molar-refractivity contribution is 5.53. The Balaban J connectivity index is 2.56. The van der Waals surface area contributed by atoms with Crippen molar-refractivity contribution in [3.05, 3.63) is 47.5 Å². The SMILES string of the molecule is CC(C)(C)c1cc(Oc2ccc(N)cc2)c(C(C)(C)C)cc1O. The van der Waals surface area contributed by atoms with Crippen LogP contribution in [0.3, 0.4) is 0 Å². The number of ether oxygens (including phenoxy) is 1. The maximum atomic E-state index is 10.4. The van der Waals surface area contributed by atoms with E-state index in [0.717, 1.165) is 22.6 Å². The Bertz CT molecular complexity index is 689. The molecule has 2 rings (SSSR count). The van der Waals surface area contributed by atoms with E-state index >= 15 is 0 Å². The van der Waals surface area contributed by atoms with Gasteiger partial charge in [-0.1, -0.05) is 41.5 Å². The van der Waals surface area contributed by atoms with Gasteiger partial charge in [0.25, 0.3) is 0 Å². The van der Waals surface area contributed by atoms with Gasteiger partial charge in [0.05, 0.1) is 0 Å². The fourth-order valence-electron chi connectivity index (χ4n) is 2.50. The summed E-state index contributed by atoms with van der Waals surface area (Å²) in [5.74, 6) is 1.81. The molecule has 0 heterocycles. The van der Waals surface area contributed by atoms with E-state index in [9.17, 15) is 5.11 Å². The zero-order valence-electron chi connectivity index (χ0n) is 14.9. The predicted molar refractivity (Wildman–Crippen MR) is 96.4 cm³/mol. The second kappa shape index (κ2) is 5.80. The van der Waals surface area contributed by atoms with Crippen LogP contribution in [0.15, 0.2) is 36.4 Å². The predicted octanol–water partition coefficient (Wildman–Crippen LogP) is 5.36. The van der Waals surface area contributed by atoms with E-state index in [2.05, 4.69) is 41.5 Å². The fraction of sp³-hybridized carbons (Fsp3) is 0.400. The van der Waals surface area contributed by atoms with Gasteiger partial charge in [-0.05, 0) is 47.2 Å². The molecule has 3 N–H and O–H groups in total. The van der Waals surface area contributed by atoms with E-state index < -0.39 is 0 Å². The van der Waals surface area contributed by atoms with Crippen molar-refractivity contribution in [1.82, 2.24) is 0 Å². The minimum absolute atomic E-state index is 0.142. The molecule has 0 radical (unpaired) electrons. The maximum absolute atomic E-state index is 10.4. The lowest BCUT2D eigenvalue weighted by Crippen LogP contribution is -2.16. The van der Waals surface area contributed by atoms with Gasteiger partial charge in [0.15, 0.2) is 0 Å². The molecular weight excluding hydrogens is 286 g/mol. The first-order valence-corrected chi connectivity index (χ1v) is 7.90. The van der Waals surface area contributed by atoms with Crippen LogP contribution in [-0.2, 0) is 10.8 Å². The van der Waals surface area contributed by atoms with Crippen LogP contribution in [-0.4, -0.2) is 5.11 Å². The van der Waals surface area contributed by atoms with Crippen LogP contribution in [0.1, 0.15) is 52.7 Å². The van der Waals surface area contributed by atoms with Crippen LogP contribution >= 0.6 is 0 Å². The zero-order valence-corrected chi connectivity index (χ0v) is 14.9. The topological polar surface area (TPSA) is 55.5 Å². The molecule has 124 valence electrons. The van der Waals surface area contributed by atoms with Crippen molar-refractivity contribution < 1.29 is 9.84 Å². The molecule has 0 aliphatic rings. The Morgan fingerprint density at radius 2 is 1.35 bits per heavy atom. The molecule has 0 spiro atoms. The van der Waals surface area contributed by atoms with E-state index in [1.54, 1.807) is 0 Å². The highest BCUT2D eigenvalue weighted by atomic mass is 16.5. The van der Waals surface area contributed by atoms with Gasteiger partial charge in [0.2, 0.25) is 0 Å². The molecule has 23 heavy (non-hydrogen) atoms. The quantitative estimate of drug-likeness (QED) is 0.734.